The smallest absolute Gasteiger partial charge is 0.307 e. The van der Waals surface area contributed by atoms with E-state index in [1.165, 1.54) is 30.6 Å². The number of nitrogens with zero attached hydrogens (tertiary/aromatic N) is 1. The SMILES string of the molecule is COC(=O)CCNc1nc(-c2ccc(F)cc2)cs1. The number of hydrogen-bond acceptors (Lipinski definition) is 5. The molecule has 100 valence electrons. The molecule has 0 spiro atoms. The van der Waals surface area contributed by atoms with E-state index in [9.17, 15) is 9.18 Å². The van der Waals surface area contributed by atoms with Crippen LogP contribution in [0.1, 0.15) is 6.42 Å². The molecular formula is C13H13FN2O2S. The minimum absolute atomic E-state index is 0.261. The zero-order chi connectivity index (χ0) is 13.7. The molecular weight excluding hydrogens is 267 g/mol. The molecule has 0 bridgehead atoms. The number of benzene rings is 1. The van der Waals surface area contributed by atoms with Crippen LogP contribution in [0, 0.1) is 5.82 Å². The molecule has 19 heavy (non-hydrogen) atoms. The van der Waals surface area contributed by atoms with Gasteiger partial charge in [0.25, 0.3) is 0 Å². The Morgan fingerprint density at radius 1 is 1.42 bits per heavy atom. The number of methoxy groups -OCH3 is 1. The first-order valence-corrected chi connectivity index (χ1v) is 6.59. The molecule has 0 saturated heterocycles. The number of hydrogen-bond donors (Lipinski definition) is 1. The van der Waals surface area contributed by atoms with Crippen LogP contribution in [0.4, 0.5) is 9.52 Å². The standard InChI is InChI=1S/C13H13FN2O2S/c1-18-12(17)6-7-15-13-16-11(8-19-13)9-2-4-10(14)5-3-9/h2-5,8H,6-7H2,1H3,(H,15,16). The number of anilines is 1. The third-order valence-electron chi connectivity index (χ3n) is 2.48. The van der Waals surface area contributed by atoms with Gasteiger partial charge < -0.3 is 10.1 Å². The van der Waals surface area contributed by atoms with Crippen LogP contribution in [-0.2, 0) is 9.53 Å². The average molecular weight is 280 g/mol. The summed E-state index contributed by atoms with van der Waals surface area (Å²) in [4.78, 5) is 15.3. The van der Waals surface area contributed by atoms with E-state index in [-0.39, 0.29) is 11.8 Å². The molecule has 0 aliphatic carbocycles. The maximum absolute atomic E-state index is 12.8. The lowest BCUT2D eigenvalue weighted by Crippen LogP contribution is -2.09. The van der Waals surface area contributed by atoms with Gasteiger partial charge in [-0.05, 0) is 24.3 Å². The normalized spacial score (nSPS) is 10.2. The van der Waals surface area contributed by atoms with Gasteiger partial charge in [0.2, 0.25) is 0 Å². The monoisotopic (exact) mass is 280 g/mol. The summed E-state index contributed by atoms with van der Waals surface area (Å²) in [5, 5.41) is 5.65. The second kappa shape index (κ2) is 6.29. The molecule has 0 fully saturated rings. The first-order chi connectivity index (χ1) is 9.19. The summed E-state index contributed by atoms with van der Waals surface area (Å²) in [6, 6.07) is 6.17. The van der Waals surface area contributed by atoms with E-state index in [0.717, 1.165) is 16.4 Å². The Balaban J connectivity index is 1.95. The minimum Gasteiger partial charge on any atom is -0.469 e. The van der Waals surface area contributed by atoms with Gasteiger partial charge in [0.05, 0.1) is 19.2 Å². The highest BCUT2D eigenvalue weighted by atomic mass is 32.1. The predicted octanol–water partition coefficient (Wildman–Crippen LogP) is 2.92. The molecule has 0 unspecified atom stereocenters. The van der Waals surface area contributed by atoms with E-state index in [4.69, 9.17) is 0 Å². The van der Waals surface area contributed by atoms with E-state index in [2.05, 4.69) is 15.0 Å². The van der Waals surface area contributed by atoms with Crippen LogP contribution in [0.3, 0.4) is 0 Å². The highest BCUT2D eigenvalue weighted by Crippen LogP contribution is 2.24. The number of nitrogens with one attached hydrogen (secondary N) is 1. The highest BCUT2D eigenvalue weighted by Gasteiger charge is 2.05. The molecule has 0 radical (unpaired) electrons. The summed E-state index contributed by atoms with van der Waals surface area (Å²) < 4.78 is 17.4. The Morgan fingerprint density at radius 2 is 2.16 bits per heavy atom. The number of rotatable bonds is 5. The van der Waals surface area contributed by atoms with E-state index in [0.29, 0.717) is 13.0 Å². The summed E-state index contributed by atoms with van der Waals surface area (Å²) in [5.74, 6) is -0.529. The van der Waals surface area contributed by atoms with Crippen molar-refractivity contribution in [2.45, 2.75) is 6.42 Å². The minimum atomic E-state index is -0.268. The zero-order valence-corrected chi connectivity index (χ0v) is 11.2. The Bertz CT molecular complexity index is 554. The van der Waals surface area contributed by atoms with Crippen molar-refractivity contribution in [2.75, 3.05) is 19.0 Å². The Morgan fingerprint density at radius 3 is 2.84 bits per heavy atom. The van der Waals surface area contributed by atoms with Crippen molar-refractivity contribution in [3.8, 4) is 11.3 Å². The van der Waals surface area contributed by atoms with Gasteiger partial charge in [-0.15, -0.1) is 11.3 Å². The zero-order valence-electron chi connectivity index (χ0n) is 10.4. The molecule has 0 amide bonds. The van der Waals surface area contributed by atoms with Gasteiger partial charge in [-0.3, -0.25) is 4.79 Å². The van der Waals surface area contributed by atoms with Crippen molar-refractivity contribution in [1.29, 1.82) is 0 Å². The maximum Gasteiger partial charge on any atom is 0.307 e. The van der Waals surface area contributed by atoms with Crippen LogP contribution >= 0.6 is 11.3 Å². The van der Waals surface area contributed by atoms with Crippen molar-refractivity contribution >= 4 is 22.4 Å². The van der Waals surface area contributed by atoms with Crippen molar-refractivity contribution < 1.29 is 13.9 Å². The van der Waals surface area contributed by atoms with Gasteiger partial charge in [0, 0.05) is 17.5 Å². The summed E-state index contributed by atoms with van der Waals surface area (Å²) in [6.45, 7) is 0.475. The molecule has 0 saturated carbocycles. The van der Waals surface area contributed by atoms with Crippen LogP contribution in [0.15, 0.2) is 29.6 Å². The molecule has 2 rings (SSSR count). The van der Waals surface area contributed by atoms with Gasteiger partial charge in [-0.2, -0.15) is 0 Å². The Hall–Kier alpha value is -1.95. The average Bonchev–Trinajstić information content (AvgIpc) is 2.88. The van der Waals surface area contributed by atoms with Crippen LogP contribution in [0.2, 0.25) is 0 Å². The van der Waals surface area contributed by atoms with Gasteiger partial charge in [-0.1, -0.05) is 0 Å². The Kier molecular flexibility index (Phi) is 4.46. The molecule has 0 aliphatic heterocycles. The van der Waals surface area contributed by atoms with E-state index in [1.54, 1.807) is 12.1 Å². The highest BCUT2D eigenvalue weighted by molar-refractivity contribution is 7.14. The van der Waals surface area contributed by atoms with E-state index >= 15 is 0 Å². The van der Waals surface area contributed by atoms with Gasteiger partial charge in [0.1, 0.15) is 5.82 Å². The number of ether oxygens (including phenoxy) is 1. The summed E-state index contributed by atoms with van der Waals surface area (Å²) in [7, 11) is 1.36. The number of aromatic nitrogens is 1. The van der Waals surface area contributed by atoms with Crippen LogP contribution in [0.25, 0.3) is 11.3 Å². The molecule has 1 aromatic heterocycles. The molecule has 1 aromatic carbocycles. The first-order valence-electron chi connectivity index (χ1n) is 5.71. The predicted molar refractivity (Wildman–Crippen MR) is 72.6 cm³/mol. The topological polar surface area (TPSA) is 51.2 Å². The van der Waals surface area contributed by atoms with Crippen LogP contribution in [0.5, 0.6) is 0 Å². The Labute approximate surface area is 114 Å². The molecule has 1 heterocycles. The molecule has 4 nitrogen and oxygen atoms in total. The third kappa shape index (κ3) is 3.75. The molecule has 6 heteroatoms. The van der Waals surface area contributed by atoms with Crippen molar-refractivity contribution in [2.24, 2.45) is 0 Å². The number of esters is 1. The molecule has 2 aromatic rings. The summed E-state index contributed by atoms with van der Waals surface area (Å²) in [6.07, 6.45) is 0.294. The number of halogens is 1. The van der Waals surface area contributed by atoms with Gasteiger partial charge >= 0.3 is 5.97 Å². The van der Waals surface area contributed by atoms with Gasteiger partial charge in [-0.25, -0.2) is 9.37 Å². The lowest BCUT2D eigenvalue weighted by Gasteiger charge is -2.01. The fourth-order valence-electron chi connectivity index (χ4n) is 1.48. The lowest BCUT2D eigenvalue weighted by atomic mass is 10.2. The van der Waals surface area contributed by atoms with E-state index < -0.39 is 0 Å². The summed E-state index contributed by atoms with van der Waals surface area (Å²) in [5.41, 5.74) is 1.64. The van der Waals surface area contributed by atoms with Crippen LogP contribution < -0.4 is 5.32 Å². The lowest BCUT2D eigenvalue weighted by molar-refractivity contribution is -0.140. The fourth-order valence-corrected chi connectivity index (χ4v) is 2.23. The van der Waals surface area contributed by atoms with Crippen LogP contribution in [-0.4, -0.2) is 24.6 Å². The van der Waals surface area contributed by atoms with E-state index in [1.807, 2.05) is 5.38 Å². The number of carbonyl (C=O) groups is 1. The second-order valence-corrected chi connectivity index (χ2v) is 4.66. The third-order valence-corrected chi connectivity index (χ3v) is 3.28. The largest absolute Gasteiger partial charge is 0.469 e. The van der Waals surface area contributed by atoms with Crippen molar-refractivity contribution in [3.63, 3.8) is 0 Å². The number of carbonyl (C=O) groups excluding carboxylic acids is 1. The maximum atomic E-state index is 12.8. The van der Waals surface area contributed by atoms with Gasteiger partial charge in [0.15, 0.2) is 5.13 Å². The number of thiazole rings is 1. The molecule has 0 atom stereocenters. The quantitative estimate of drug-likeness (QED) is 0.856. The van der Waals surface area contributed by atoms with Crippen molar-refractivity contribution in [3.05, 3.63) is 35.5 Å². The molecule has 1 N–H and O–H groups in total. The van der Waals surface area contributed by atoms with Crippen molar-refractivity contribution in [1.82, 2.24) is 4.98 Å². The summed E-state index contributed by atoms with van der Waals surface area (Å²) >= 11 is 1.44. The second-order valence-electron chi connectivity index (χ2n) is 3.80. The fraction of sp³-hybridized carbons (Fsp3) is 0.231. The first kappa shape index (κ1) is 13.5. The molecule has 0 aliphatic rings.